The first-order valence-electron chi connectivity index (χ1n) is 10.3. The summed E-state index contributed by atoms with van der Waals surface area (Å²) >= 11 is 0. The van der Waals surface area contributed by atoms with Crippen molar-refractivity contribution in [2.24, 2.45) is 0 Å². The van der Waals surface area contributed by atoms with E-state index in [1.165, 1.54) is 0 Å². The summed E-state index contributed by atoms with van der Waals surface area (Å²) in [4.78, 5) is 20.2. The molecule has 5 nitrogen and oxygen atoms in total. The third kappa shape index (κ3) is 4.63. The fraction of sp³-hybridized carbons (Fsp3) is 0.333. The number of carbonyl (C=O) groups excluding carboxylic acids is 1. The average Bonchev–Trinajstić information content (AvgIpc) is 2.77. The summed E-state index contributed by atoms with van der Waals surface area (Å²) in [6.45, 7) is 7.26. The quantitative estimate of drug-likeness (QED) is 0.654. The van der Waals surface area contributed by atoms with E-state index >= 15 is 0 Å². The molecule has 1 aliphatic rings. The van der Waals surface area contributed by atoms with Crippen LogP contribution < -0.4 is 5.32 Å². The van der Waals surface area contributed by atoms with Crippen molar-refractivity contribution in [1.29, 1.82) is 0 Å². The number of rotatable bonds is 6. The molecule has 0 atom stereocenters. The molecule has 4 rings (SSSR count). The summed E-state index contributed by atoms with van der Waals surface area (Å²) in [5.74, 6) is -0.0413. The number of para-hydroxylation sites is 1. The zero-order valence-corrected chi connectivity index (χ0v) is 16.9. The number of ether oxygens (including phenoxy) is 1. The maximum absolute atomic E-state index is 13.0. The SMILES string of the molecule is Cc1ccccc1-c1cc(C(=O)NCCCN2CCOCC2)c2ccccc2n1. The monoisotopic (exact) mass is 389 g/mol. The smallest absolute Gasteiger partial charge is 0.252 e. The minimum Gasteiger partial charge on any atom is -0.379 e. The summed E-state index contributed by atoms with van der Waals surface area (Å²) < 4.78 is 5.38. The van der Waals surface area contributed by atoms with Gasteiger partial charge in [0, 0.05) is 30.6 Å². The molecular weight excluding hydrogens is 362 g/mol. The van der Waals surface area contributed by atoms with Gasteiger partial charge in [-0.1, -0.05) is 42.5 Å². The number of morpholine rings is 1. The normalized spacial score (nSPS) is 14.8. The van der Waals surface area contributed by atoms with Crippen LogP contribution in [-0.4, -0.2) is 55.2 Å². The van der Waals surface area contributed by atoms with Crippen LogP contribution >= 0.6 is 0 Å². The number of aryl methyl sites for hydroxylation is 1. The summed E-state index contributed by atoms with van der Waals surface area (Å²) in [5.41, 5.74) is 4.55. The molecule has 1 aliphatic heterocycles. The molecule has 5 heteroatoms. The van der Waals surface area contributed by atoms with Gasteiger partial charge in [-0.15, -0.1) is 0 Å². The molecule has 1 amide bonds. The van der Waals surface area contributed by atoms with Crippen LogP contribution in [0.25, 0.3) is 22.2 Å². The summed E-state index contributed by atoms with van der Waals surface area (Å²) in [6, 6.07) is 17.9. The van der Waals surface area contributed by atoms with Gasteiger partial charge in [0.1, 0.15) is 0 Å². The highest BCUT2D eigenvalue weighted by molar-refractivity contribution is 6.07. The lowest BCUT2D eigenvalue weighted by Gasteiger charge is -2.26. The first kappa shape index (κ1) is 19.6. The number of fused-ring (bicyclic) bond motifs is 1. The second-order valence-corrected chi connectivity index (χ2v) is 7.45. The summed E-state index contributed by atoms with van der Waals surface area (Å²) in [5, 5.41) is 3.98. The van der Waals surface area contributed by atoms with E-state index in [-0.39, 0.29) is 5.91 Å². The van der Waals surface area contributed by atoms with Crippen LogP contribution in [0.1, 0.15) is 22.3 Å². The van der Waals surface area contributed by atoms with Gasteiger partial charge in [0.05, 0.1) is 30.0 Å². The van der Waals surface area contributed by atoms with Gasteiger partial charge in [0.25, 0.3) is 5.91 Å². The molecule has 1 aromatic heterocycles. The predicted molar refractivity (Wildman–Crippen MR) is 116 cm³/mol. The number of aromatic nitrogens is 1. The Balaban J connectivity index is 1.52. The number of amides is 1. The van der Waals surface area contributed by atoms with Crippen molar-refractivity contribution in [3.63, 3.8) is 0 Å². The van der Waals surface area contributed by atoms with Gasteiger partial charge in [-0.25, -0.2) is 4.98 Å². The second-order valence-electron chi connectivity index (χ2n) is 7.45. The highest BCUT2D eigenvalue weighted by Crippen LogP contribution is 2.27. The van der Waals surface area contributed by atoms with E-state index in [0.717, 1.165) is 67.0 Å². The summed E-state index contributed by atoms with van der Waals surface area (Å²) in [7, 11) is 0. The number of hydrogen-bond donors (Lipinski definition) is 1. The van der Waals surface area contributed by atoms with Gasteiger partial charge in [-0.3, -0.25) is 9.69 Å². The highest BCUT2D eigenvalue weighted by atomic mass is 16.5. The van der Waals surface area contributed by atoms with E-state index in [0.29, 0.717) is 12.1 Å². The van der Waals surface area contributed by atoms with Crippen molar-refractivity contribution < 1.29 is 9.53 Å². The molecule has 0 unspecified atom stereocenters. The molecule has 0 aliphatic carbocycles. The zero-order chi connectivity index (χ0) is 20.1. The summed E-state index contributed by atoms with van der Waals surface area (Å²) in [6.07, 6.45) is 0.930. The Kier molecular flexibility index (Phi) is 6.17. The van der Waals surface area contributed by atoms with Crippen molar-refractivity contribution in [3.8, 4) is 11.3 Å². The number of nitrogens with one attached hydrogen (secondary N) is 1. The van der Waals surface area contributed by atoms with Crippen molar-refractivity contribution >= 4 is 16.8 Å². The molecular formula is C24H27N3O2. The largest absolute Gasteiger partial charge is 0.379 e. The first-order chi connectivity index (χ1) is 14.2. The third-order valence-corrected chi connectivity index (χ3v) is 5.42. The maximum atomic E-state index is 13.0. The van der Waals surface area contributed by atoms with Crippen molar-refractivity contribution in [2.75, 3.05) is 39.4 Å². The Morgan fingerprint density at radius 1 is 1.10 bits per heavy atom. The minimum atomic E-state index is -0.0413. The van der Waals surface area contributed by atoms with E-state index in [1.807, 2.05) is 42.5 Å². The molecule has 0 spiro atoms. The molecule has 2 heterocycles. The lowest BCUT2D eigenvalue weighted by atomic mass is 10.0. The molecule has 0 radical (unpaired) electrons. The molecule has 1 N–H and O–H groups in total. The number of nitrogens with zero attached hydrogens (tertiary/aromatic N) is 2. The van der Waals surface area contributed by atoms with Crippen LogP contribution in [-0.2, 0) is 4.74 Å². The van der Waals surface area contributed by atoms with Crippen molar-refractivity contribution in [3.05, 3.63) is 65.7 Å². The van der Waals surface area contributed by atoms with Crippen LogP contribution in [0.3, 0.4) is 0 Å². The van der Waals surface area contributed by atoms with E-state index in [1.54, 1.807) is 0 Å². The van der Waals surface area contributed by atoms with Gasteiger partial charge < -0.3 is 10.1 Å². The fourth-order valence-electron chi connectivity index (χ4n) is 3.79. The standard InChI is InChI=1S/C24H27N3O2/c1-18-7-2-3-8-19(18)23-17-21(20-9-4-5-10-22(20)26-23)24(28)25-11-6-12-27-13-15-29-16-14-27/h2-5,7-10,17H,6,11-16H2,1H3,(H,25,28). The minimum absolute atomic E-state index is 0.0413. The van der Waals surface area contributed by atoms with Crippen LogP contribution in [0.5, 0.6) is 0 Å². The topological polar surface area (TPSA) is 54.5 Å². The van der Waals surface area contributed by atoms with Gasteiger partial charge in [0.15, 0.2) is 0 Å². The van der Waals surface area contributed by atoms with Crippen molar-refractivity contribution in [2.45, 2.75) is 13.3 Å². The molecule has 150 valence electrons. The van der Waals surface area contributed by atoms with Gasteiger partial charge in [-0.05, 0) is 37.6 Å². The van der Waals surface area contributed by atoms with Gasteiger partial charge in [-0.2, -0.15) is 0 Å². The first-order valence-corrected chi connectivity index (χ1v) is 10.3. The molecule has 0 saturated carbocycles. The Morgan fingerprint density at radius 2 is 1.86 bits per heavy atom. The van der Waals surface area contributed by atoms with Gasteiger partial charge in [0.2, 0.25) is 0 Å². The molecule has 29 heavy (non-hydrogen) atoms. The zero-order valence-electron chi connectivity index (χ0n) is 16.9. The number of pyridine rings is 1. The Bertz CT molecular complexity index is 996. The van der Waals surface area contributed by atoms with E-state index in [4.69, 9.17) is 9.72 Å². The van der Waals surface area contributed by atoms with Crippen molar-refractivity contribution in [1.82, 2.24) is 15.2 Å². The van der Waals surface area contributed by atoms with Crippen LogP contribution in [0.15, 0.2) is 54.6 Å². The molecule has 2 aromatic carbocycles. The Hall–Kier alpha value is -2.76. The lowest BCUT2D eigenvalue weighted by Crippen LogP contribution is -2.38. The maximum Gasteiger partial charge on any atom is 0.252 e. The van der Waals surface area contributed by atoms with E-state index < -0.39 is 0 Å². The average molecular weight is 389 g/mol. The van der Waals surface area contributed by atoms with Gasteiger partial charge >= 0.3 is 0 Å². The molecule has 0 bridgehead atoms. The lowest BCUT2D eigenvalue weighted by molar-refractivity contribution is 0.0374. The van der Waals surface area contributed by atoms with E-state index in [2.05, 4.69) is 29.3 Å². The van der Waals surface area contributed by atoms with Crippen LogP contribution in [0.4, 0.5) is 0 Å². The van der Waals surface area contributed by atoms with E-state index in [9.17, 15) is 4.79 Å². The third-order valence-electron chi connectivity index (χ3n) is 5.42. The fourth-order valence-corrected chi connectivity index (χ4v) is 3.79. The van der Waals surface area contributed by atoms with Crippen LogP contribution in [0.2, 0.25) is 0 Å². The second kappa shape index (κ2) is 9.16. The number of carbonyl (C=O) groups is 1. The number of benzene rings is 2. The molecule has 1 fully saturated rings. The number of hydrogen-bond acceptors (Lipinski definition) is 4. The molecule has 3 aromatic rings. The predicted octanol–water partition coefficient (Wildman–Crippen LogP) is 3.66. The van der Waals surface area contributed by atoms with Crippen LogP contribution in [0, 0.1) is 6.92 Å². The molecule has 1 saturated heterocycles. The Labute approximate surface area is 171 Å². The highest BCUT2D eigenvalue weighted by Gasteiger charge is 2.15. The Morgan fingerprint density at radius 3 is 2.69 bits per heavy atom.